The number of carboxylic acids is 1. The number of carbonyl (C=O) groups excluding carboxylic acids is 1. The largest absolute Gasteiger partial charge is 0.508 e. The van der Waals surface area contributed by atoms with Gasteiger partial charge in [-0.05, 0) is 45.2 Å². The molecule has 31 heavy (non-hydrogen) atoms. The van der Waals surface area contributed by atoms with E-state index >= 15 is 0 Å². The van der Waals surface area contributed by atoms with Crippen molar-refractivity contribution in [3.8, 4) is 0 Å². The van der Waals surface area contributed by atoms with Crippen molar-refractivity contribution in [3.63, 3.8) is 0 Å². The molecule has 6 heteroatoms. The zero-order chi connectivity index (χ0) is 23.2. The third-order valence-corrected chi connectivity index (χ3v) is 5.79. The van der Waals surface area contributed by atoms with Crippen molar-refractivity contribution in [2.75, 3.05) is 26.2 Å². The fourth-order valence-corrected chi connectivity index (χ4v) is 3.76. The Kier molecular flexibility index (Phi) is 21.0. The van der Waals surface area contributed by atoms with Crippen LogP contribution in [0.3, 0.4) is 0 Å². The Labute approximate surface area is 191 Å². The molecule has 0 saturated carbocycles. The van der Waals surface area contributed by atoms with E-state index in [1.807, 2.05) is 0 Å². The molecule has 0 spiro atoms. The molecular weight excluding hydrogens is 394 g/mol. The second kappa shape index (κ2) is 21.9. The number of ether oxygens (including phenoxy) is 2. The van der Waals surface area contributed by atoms with Crippen LogP contribution in [0.4, 0.5) is 4.79 Å². The summed E-state index contributed by atoms with van der Waals surface area (Å²) in [5.41, 5.74) is 0. The van der Waals surface area contributed by atoms with Crippen LogP contribution >= 0.6 is 0 Å². The Hall–Kier alpha value is -1.30. The summed E-state index contributed by atoms with van der Waals surface area (Å²) in [5.74, 6) is -0.809. The standard InChI is InChI=1S/C25H49NO5/c1-4-7-8-9-10-11-12-13-14-15-18-23(19-16-20-24(27)28)31-25(29)30-22-17-21-26(5-2)6-3/h23H,4-22H2,1-3H3,(H,27,28). The summed E-state index contributed by atoms with van der Waals surface area (Å²) in [6.45, 7) is 9.72. The summed E-state index contributed by atoms with van der Waals surface area (Å²) < 4.78 is 10.7. The van der Waals surface area contributed by atoms with Crippen LogP contribution in [0, 0.1) is 0 Å². The van der Waals surface area contributed by atoms with Gasteiger partial charge in [0.15, 0.2) is 0 Å². The number of carboxylic acid groups (broad SMARTS) is 1. The van der Waals surface area contributed by atoms with E-state index in [0.29, 0.717) is 19.4 Å². The van der Waals surface area contributed by atoms with Crippen molar-refractivity contribution >= 4 is 12.1 Å². The minimum absolute atomic E-state index is 0.108. The van der Waals surface area contributed by atoms with E-state index < -0.39 is 12.1 Å². The molecule has 1 atom stereocenters. The van der Waals surface area contributed by atoms with Gasteiger partial charge < -0.3 is 19.5 Å². The minimum atomic E-state index is -0.809. The zero-order valence-electron chi connectivity index (χ0n) is 20.5. The summed E-state index contributed by atoms with van der Waals surface area (Å²) in [6, 6.07) is 0. The first-order chi connectivity index (χ1) is 15.0. The zero-order valence-corrected chi connectivity index (χ0v) is 20.5. The normalized spacial score (nSPS) is 12.1. The lowest BCUT2D eigenvalue weighted by Crippen LogP contribution is -2.25. The lowest BCUT2D eigenvalue weighted by molar-refractivity contribution is -0.137. The first-order valence-corrected chi connectivity index (χ1v) is 12.8. The third kappa shape index (κ3) is 20.4. The maximum Gasteiger partial charge on any atom is 0.508 e. The number of unbranched alkanes of at least 4 members (excludes halogenated alkanes) is 9. The van der Waals surface area contributed by atoms with E-state index in [4.69, 9.17) is 14.6 Å². The average molecular weight is 444 g/mol. The topological polar surface area (TPSA) is 76.1 Å². The average Bonchev–Trinajstić information content (AvgIpc) is 2.74. The fourth-order valence-electron chi connectivity index (χ4n) is 3.76. The molecular formula is C25H49NO5. The van der Waals surface area contributed by atoms with Crippen LogP contribution in [0.25, 0.3) is 0 Å². The first-order valence-electron chi connectivity index (χ1n) is 12.8. The van der Waals surface area contributed by atoms with Gasteiger partial charge in [0.05, 0.1) is 6.61 Å². The molecule has 6 nitrogen and oxygen atoms in total. The van der Waals surface area contributed by atoms with Gasteiger partial charge in [0.1, 0.15) is 6.10 Å². The maximum atomic E-state index is 12.0. The molecule has 0 saturated heterocycles. The summed E-state index contributed by atoms with van der Waals surface area (Å²) in [6.07, 6.45) is 14.5. The lowest BCUT2D eigenvalue weighted by Gasteiger charge is -2.19. The van der Waals surface area contributed by atoms with Crippen molar-refractivity contribution in [1.82, 2.24) is 4.90 Å². The molecule has 0 fully saturated rings. The minimum Gasteiger partial charge on any atom is -0.481 e. The number of hydrogen-bond donors (Lipinski definition) is 1. The van der Waals surface area contributed by atoms with Crippen LogP contribution < -0.4 is 0 Å². The first kappa shape index (κ1) is 29.7. The molecule has 1 N–H and O–H groups in total. The van der Waals surface area contributed by atoms with Gasteiger partial charge in [-0.1, -0.05) is 78.6 Å². The number of carbonyl (C=O) groups is 2. The highest BCUT2D eigenvalue weighted by Crippen LogP contribution is 2.16. The predicted octanol–water partition coefficient (Wildman–Crippen LogP) is 6.81. The van der Waals surface area contributed by atoms with Gasteiger partial charge in [-0.3, -0.25) is 4.79 Å². The van der Waals surface area contributed by atoms with Crippen LogP contribution in [0.2, 0.25) is 0 Å². The van der Waals surface area contributed by atoms with E-state index in [0.717, 1.165) is 45.3 Å². The Balaban J connectivity index is 4.02. The van der Waals surface area contributed by atoms with E-state index in [1.165, 1.54) is 51.4 Å². The van der Waals surface area contributed by atoms with Crippen molar-refractivity contribution < 1.29 is 24.2 Å². The molecule has 0 aliphatic carbocycles. The van der Waals surface area contributed by atoms with Crippen molar-refractivity contribution in [2.45, 2.75) is 123 Å². The van der Waals surface area contributed by atoms with Crippen molar-refractivity contribution in [1.29, 1.82) is 0 Å². The fraction of sp³-hybridized carbons (Fsp3) is 0.920. The molecule has 0 aromatic carbocycles. The molecule has 0 radical (unpaired) electrons. The van der Waals surface area contributed by atoms with Gasteiger partial charge in [-0.25, -0.2) is 4.79 Å². The molecule has 0 bridgehead atoms. The quantitative estimate of drug-likeness (QED) is 0.146. The van der Waals surface area contributed by atoms with Crippen LogP contribution in [0.15, 0.2) is 0 Å². The Morgan fingerprint density at radius 2 is 1.32 bits per heavy atom. The van der Waals surface area contributed by atoms with Gasteiger partial charge in [0.2, 0.25) is 0 Å². The number of rotatable bonds is 22. The number of hydrogen-bond acceptors (Lipinski definition) is 5. The summed E-state index contributed by atoms with van der Waals surface area (Å²) in [7, 11) is 0. The summed E-state index contributed by atoms with van der Waals surface area (Å²) in [5, 5.41) is 8.87. The van der Waals surface area contributed by atoms with Crippen LogP contribution in [0.1, 0.15) is 117 Å². The van der Waals surface area contributed by atoms with Gasteiger partial charge in [-0.15, -0.1) is 0 Å². The molecule has 1 unspecified atom stereocenters. The van der Waals surface area contributed by atoms with Crippen LogP contribution in [0.5, 0.6) is 0 Å². The third-order valence-electron chi connectivity index (χ3n) is 5.79. The molecule has 0 aromatic rings. The summed E-state index contributed by atoms with van der Waals surface area (Å²) >= 11 is 0. The Morgan fingerprint density at radius 1 is 0.774 bits per heavy atom. The van der Waals surface area contributed by atoms with Gasteiger partial charge >= 0.3 is 12.1 Å². The molecule has 0 amide bonds. The molecule has 0 aromatic heterocycles. The van der Waals surface area contributed by atoms with E-state index in [1.54, 1.807) is 0 Å². The van der Waals surface area contributed by atoms with Crippen LogP contribution in [-0.2, 0) is 14.3 Å². The molecule has 184 valence electrons. The van der Waals surface area contributed by atoms with E-state index in [2.05, 4.69) is 25.7 Å². The van der Waals surface area contributed by atoms with E-state index in [9.17, 15) is 9.59 Å². The summed E-state index contributed by atoms with van der Waals surface area (Å²) in [4.78, 5) is 25.1. The Bertz CT molecular complexity index is 426. The highest BCUT2D eigenvalue weighted by molar-refractivity contribution is 5.66. The van der Waals surface area contributed by atoms with Gasteiger partial charge in [-0.2, -0.15) is 0 Å². The highest BCUT2D eigenvalue weighted by Gasteiger charge is 2.16. The monoisotopic (exact) mass is 443 g/mol. The molecule has 0 rings (SSSR count). The predicted molar refractivity (Wildman–Crippen MR) is 127 cm³/mol. The molecule has 0 aliphatic rings. The molecule has 0 aliphatic heterocycles. The van der Waals surface area contributed by atoms with Gasteiger partial charge in [0.25, 0.3) is 0 Å². The van der Waals surface area contributed by atoms with E-state index in [-0.39, 0.29) is 12.5 Å². The van der Waals surface area contributed by atoms with Crippen molar-refractivity contribution in [3.05, 3.63) is 0 Å². The smallest absolute Gasteiger partial charge is 0.481 e. The van der Waals surface area contributed by atoms with Crippen molar-refractivity contribution in [2.24, 2.45) is 0 Å². The number of aliphatic carboxylic acids is 1. The lowest BCUT2D eigenvalue weighted by atomic mass is 10.0. The van der Waals surface area contributed by atoms with Gasteiger partial charge in [0, 0.05) is 13.0 Å². The second-order valence-electron chi connectivity index (χ2n) is 8.48. The van der Waals surface area contributed by atoms with Crippen LogP contribution in [-0.4, -0.2) is 54.5 Å². The second-order valence-corrected chi connectivity index (χ2v) is 8.48. The Morgan fingerprint density at radius 3 is 1.87 bits per heavy atom. The SMILES string of the molecule is CCCCCCCCCCCCC(CCCC(=O)O)OC(=O)OCCCN(CC)CC. The number of nitrogens with zero attached hydrogens (tertiary/aromatic N) is 1. The maximum absolute atomic E-state index is 12.0. The highest BCUT2D eigenvalue weighted by atomic mass is 16.7. The molecule has 0 heterocycles.